The minimum Gasteiger partial charge on any atom is -0.477 e. The van der Waals surface area contributed by atoms with Crippen LogP contribution in [0.1, 0.15) is 166 Å². The number of halogens is 6. The van der Waals surface area contributed by atoms with Crippen molar-refractivity contribution < 1.29 is 72.1 Å². The monoisotopic (exact) mass is 2050 g/mol. The quantitative estimate of drug-likeness (QED) is 0.0111. The van der Waals surface area contributed by atoms with Gasteiger partial charge in [-0.05, 0) is 175 Å². The molecule has 1 fully saturated rings. The number of hydrogen-bond acceptors (Lipinski definition) is 19. The third-order valence-corrected chi connectivity index (χ3v) is 20.5. The van der Waals surface area contributed by atoms with Gasteiger partial charge in [-0.1, -0.05) is 125 Å². The number of aryl methyl sites for hydroxylation is 5. The number of nitrogens with zero attached hydrogens (tertiary/aromatic N) is 7. The number of amides is 5. The summed E-state index contributed by atoms with van der Waals surface area (Å²) >= 11 is 22.4. The van der Waals surface area contributed by atoms with Gasteiger partial charge < -0.3 is 24.6 Å². The molecule has 5 amide bonds. The number of carboxylic acid groups (broad SMARTS) is 1. The Morgan fingerprint density at radius 1 is 0.528 bits per heavy atom. The number of pyridine rings is 3. The van der Waals surface area contributed by atoms with Gasteiger partial charge in [0.2, 0.25) is 17.7 Å². The molecule has 2 aliphatic rings. The van der Waals surface area contributed by atoms with E-state index in [1.807, 2.05) is 99.6 Å². The third kappa shape index (κ3) is 28.9. The number of hydrogen-bond donors (Lipinski definition) is 3. The normalized spacial score (nSPS) is 12.4. The first-order valence-electron chi connectivity index (χ1n) is 38.7. The molecule has 4 aromatic heterocycles. The fraction of sp³-hybridized carbons (Fsp3) is 0.226. The van der Waals surface area contributed by atoms with Crippen LogP contribution in [-0.4, -0.2) is 110 Å². The van der Waals surface area contributed by atoms with Gasteiger partial charge in [0.25, 0.3) is 11.8 Å². The first-order chi connectivity index (χ1) is 58.8. The van der Waals surface area contributed by atoms with Crippen LogP contribution in [0, 0.1) is 33.1 Å². The van der Waals surface area contributed by atoms with Gasteiger partial charge in [0.1, 0.15) is 69.3 Å². The predicted molar refractivity (Wildman–Crippen MR) is 494 cm³/mol. The Hall–Kier alpha value is -11.3. The van der Waals surface area contributed by atoms with Crippen molar-refractivity contribution in [1.29, 1.82) is 0 Å². The van der Waals surface area contributed by atoms with Gasteiger partial charge in [-0.15, -0.1) is 41.4 Å². The number of carboxylic acids is 1. The highest BCUT2D eigenvalue weighted by Gasteiger charge is 2.46. The Labute approximate surface area is 765 Å². The van der Waals surface area contributed by atoms with E-state index in [0.29, 0.717) is 132 Å². The maximum Gasteiger partial charge on any atom is 0.354 e. The van der Waals surface area contributed by atoms with Gasteiger partial charge in [-0.3, -0.25) is 72.8 Å². The third-order valence-electron chi connectivity index (χ3n) is 19.3. The first-order valence-corrected chi connectivity index (χ1v) is 46.1. The van der Waals surface area contributed by atoms with Crippen molar-refractivity contribution in [3.05, 3.63) is 306 Å². The number of ketones is 5. The number of rotatable bonds is 34. The van der Waals surface area contributed by atoms with E-state index >= 15 is 0 Å². The highest BCUT2D eigenvalue weighted by Crippen LogP contribution is 2.34. The number of aromatic carboxylic acids is 1. The number of carbonyl (C=O) groups excluding carboxylic acids is 10. The van der Waals surface area contributed by atoms with Gasteiger partial charge >= 0.3 is 5.97 Å². The Kier molecular flexibility index (Phi) is 36.8. The van der Waals surface area contributed by atoms with E-state index in [1.54, 1.807) is 95.8 Å². The van der Waals surface area contributed by atoms with Crippen LogP contribution in [0.15, 0.2) is 207 Å². The molecule has 123 heavy (non-hydrogen) atoms. The fourth-order valence-corrected chi connectivity index (χ4v) is 13.5. The molecule has 1 unspecified atom stereocenters. The summed E-state index contributed by atoms with van der Waals surface area (Å²) < 4.78 is 19.1. The Morgan fingerprint density at radius 3 is 1.40 bits per heavy atom. The molecule has 1 atom stereocenters. The molecule has 0 radical (unpaired) electrons. The Morgan fingerprint density at radius 2 is 0.959 bits per heavy atom. The molecule has 0 bridgehead atoms. The van der Waals surface area contributed by atoms with Crippen LogP contribution in [0.4, 0.5) is 5.69 Å². The number of unbranched alkanes of at least 4 members (excludes halogenated alkanes) is 2. The maximum atomic E-state index is 13.3. The fourth-order valence-electron chi connectivity index (χ4n) is 13.1. The largest absolute Gasteiger partial charge is 0.477 e. The molecule has 0 aliphatic carbocycles. The molecular formula is C93H83Cl3I3N9O15. The van der Waals surface area contributed by atoms with Gasteiger partial charge in [0.15, 0.2) is 17.3 Å². The molecule has 24 nitrogen and oxygen atoms in total. The minimum absolute atomic E-state index is 0. The van der Waals surface area contributed by atoms with Crippen molar-refractivity contribution in [2.45, 2.75) is 136 Å². The molecule has 2 aliphatic heterocycles. The van der Waals surface area contributed by atoms with E-state index < -0.39 is 35.6 Å². The molecule has 1 saturated heterocycles. The summed E-state index contributed by atoms with van der Waals surface area (Å²) in [5.74, 6) is 1.61. The van der Waals surface area contributed by atoms with Crippen LogP contribution in [0.25, 0.3) is 0 Å². The van der Waals surface area contributed by atoms with Crippen LogP contribution < -0.4 is 24.8 Å². The molecule has 13 rings (SSSR count). The number of ether oxygens (including phenoxy) is 3. The van der Waals surface area contributed by atoms with Crippen LogP contribution in [0.3, 0.4) is 0 Å². The number of Topliss-reactive ketones (excluding diaryl/α,β-unsaturated/α-hetero) is 5. The van der Waals surface area contributed by atoms with Crippen molar-refractivity contribution in [2.75, 3.05) is 5.32 Å². The number of carbonyl (C=O) groups is 11. The van der Waals surface area contributed by atoms with Crippen LogP contribution >= 0.6 is 96.0 Å². The summed E-state index contributed by atoms with van der Waals surface area (Å²) in [5, 5.41) is 24.3. The smallest absolute Gasteiger partial charge is 0.354 e. The van der Waals surface area contributed by atoms with Gasteiger partial charge in [0.05, 0.1) is 22.5 Å². The average molecular weight is 2050 g/mol. The molecule has 632 valence electrons. The van der Waals surface area contributed by atoms with Crippen LogP contribution in [0.2, 0.25) is 15.1 Å². The second-order valence-electron chi connectivity index (χ2n) is 28.7. The van der Waals surface area contributed by atoms with Crippen molar-refractivity contribution >= 4 is 166 Å². The number of imide groups is 2. The van der Waals surface area contributed by atoms with E-state index in [2.05, 4.69) is 79.0 Å². The zero-order valence-electron chi connectivity index (χ0n) is 66.9. The lowest BCUT2D eigenvalue weighted by Crippen LogP contribution is -2.54. The molecule has 0 saturated carbocycles. The maximum absolute atomic E-state index is 13.3. The highest BCUT2D eigenvalue weighted by molar-refractivity contribution is 15.0. The zero-order valence-corrected chi connectivity index (χ0v) is 75.8. The molecule has 30 heteroatoms. The lowest BCUT2D eigenvalue weighted by Gasteiger charge is -2.27. The number of fused-ring (bicyclic) bond motifs is 1. The second-order valence-corrected chi connectivity index (χ2v) is 29.9. The molecule has 7 aromatic carbocycles. The summed E-state index contributed by atoms with van der Waals surface area (Å²) in [6.45, 7) is 6.31. The lowest BCUT2D eigenvalue weighted by atomic mass is 10.0. The summed E-state index contributed by atoms with van der Waals surface area (Å²) in [5.41, 5.74) is 9.79. The number of anilines is 1. The summed E-state index contributed by atoms with van der Waals surface area (Å²) in [7, 11) is 0. The summed E-state index contributed by atoms with van der Waals surface area (Å²) in [6, 6.07) is 51.5. The number of benzene rings is 7. The Bertz CT molecular complexity index is 5750. The van der Waals surface area contributed by atoms with Gasteiger partial charge in [0, 0.05) is 179 Å². The van der Waals surface area contributed by atoms with E-state index in [9.17, 15) is 52.7 Å². The van der Waals surface area contributed by atoms with Gasteiger partial charge in [-0.25, -0.2) is 9.78 Å². The summed E-state index contributed by atoms with van der Waals surface area (Å²) in [4.78, 5) is 150. The average Bonchev–Trinajstić information content (AvgIpc) is 1.60. The topological polar surface area (TPSA) is 332 Å². The van der Waals surface area contributed by atoms with E-state index in [-0.39, 0.29) is 126 Å². The lowest BCUT2D eigenvalue weighted by molar-refractivity contribution is -0.136. The number of piperidine rings is 1. The number of terminal acetylenes is 1. The second kappa shape index (κ2) is 47.4. The number of aromatic nitrogens is 6. The molecule has 11 aromatic rings. The van der Waals surface area contributed by atoms with Gasteiger partial charge in [-0.2, -0.15) is 0 Å². The predicted octanol–water partition coefficient (Wildman–Crippen LogP) is 19.3. The SMILES string of the molecule is C#CCCC(=O)c1cc(Oc2ccc(CC(=O)Cc3ccc(Cl)c(C)c3)cc2)ccn1.Cc1cc(CC(=O)Cc2ccc(Oc3ccnc(C(=O)CCc4cn(CCCCCC(=O)Nc5cccc6c5C(=O)N(C5CCC(=O)NC5=O)C6=O)nn4)c3)cc2)ccc1Cl.Cc1cc(CC(=O)Cc2ccc(Oc3ccnc(C(=O)O)c3)cc2)ccc1Cl.I.II. The first kappa shape index (κ1) is 95.6. The van der Waals surface area contributed by atoms with Crippen molar-refractivity contribution in [1.82, 2.24) is 40.2 Å². The van der Waals surface area contributed by atoms with E-state index in [4.69, 9.17) is 60.5 Å². The molecule has 3 N–H and O–H groups in total. The van der Waals surface area contributed by atoms with Crippen molar-refractivity contribution in [2.24, 2.45) is 0 Å². The van der Waals surface area contributed by atoms with Crippen molar-refractivity contribution in [3.63, 3.8) is 0 Å². The number of nitrogens with one attached hydrogen (secondary N) is 2. The zero-order chi connectivity index (χ0) is 87.4. The molecule has 0 spiro atoms. The minimum atomic E-state index is -1.12. The highest BCUT2D eigenvalue weighted by atomic mass is 128. The van der Waals surface area contributed by atoms with E-state index in [0.717, 1.165) is 55.0 Å². The standard InChI is InChI=1S/C45H42ClN7O8.C26H22ClNO3.C22H18ClNO4.I2.HI/c1-27-22-29(11-15-35(27)46)24-31(54)23-28-9-13-32(14-10-28)61-33-19-20-47-37(25-33)39(55)17-12-30-26-52(51-50-30)21-4-2-3-8-40(56)48-36-7-5-6-34-42(36)45(60)53(44(34)59)38-16-18-41(57)49-43(38)58;1-3-4-5-26(30)25-17-23(12-13-28-25)31-22-9-6-19(7-10-22)15-21(29)16-20-8-11-24(27)18(2)14-20;1-14-10-16(4-7-20(14)23)12-17(25)11-15-2-5-18(6-3-15)28-19-8-9-24-21(13-19)22(26)27;1-2;/h5-7,9-11,13-15,19-20,22,25-26,38H,2-4,8,12,16-18,21,23-24H2,1H3,(H,48,56)(H,49,57,58);1,6-14,17H,4-5,15-16H2,2H3;2-10,13H,11-12H2,1H3,(H,26,27);;1H. The molecular weight excluding hydrogens is 1970 g/mol. The van der Waals surface area contributed by atoms with Crippen LogP contribution in [0.5, 0.6) is 34.5 Å². The molecule has 6 heterocycles. The van der Waals surface area contributed by atoms with E-state index in [1.165, 1.54) is 36.8 Å². The van der Waals surface area contributed by atoms with Crippen LogP contribution in [-0.2, 0) is 80.3 Å². The van der Waals surface area contributed by atoms with Crippen molar-refractivity contribution in [3.8, 4) is 46.8 Å². The summed E-state index contributed by atoms with van der Waals surface area (Å²) in [6.07, 6.45) is 16.8. The Balaban J connectivity index is 0.000000231.